The predicted octanol–water partition coefficient (Wildman–Crippen LogP) is 2.29. The number of carbonyl (C=O) groups excluding carboxylic acids is 1. The van der Waals surface area contributed by atoms with Gasteiger partial charge in [0.1, 0.15) is 24.4 Å². The topological polar surface area (TPSA) is 113 Å². The number of amides is 1. The molecule has 0 spiro atoms. The van der Waals surface area contributed by atoms with Gasteiger partial charge >= 0.3 is 0 Å². The van der Waals surface area contributed by atoms with Crippen molar-refractivity contribution in [3.63, 3.8) is 0 Å². The summed E-state index contributed by atoms with van der Waals surface area (Å²) in [7, 11) is 3.01. The van der Waals surface area contributed by atoms with Crippen LogP contribution in [0, 0.1) is 0 Å². The normalized spacial score (nSPS) is 10.8. The highest BCUT2D eigenvalue weighted by molar-refractivity contribution is 6.30. The first-order chi connectivity index (χ1) is 15.0. The molecule has 0 bridgehead atoms. The number of hydrogen-bond acceptors (Lipinski definition) is 7. The molecule has 1 amide bonds. The van der Waals surface area contributed by atoms with Gasteiger partial charge in [-0.3, -0.25) is 14.2 Å². The van der Waals surface area contributed by atoms with E-state index in [0.29, 0.717) is 27.9 Å². The average Bonchev–Trinajstić information content (AvgIpc) is 3.20. The first-order valence-electron chi connectivity index (χ1n) is 9.09. The second-order valence-electron chi connectivity index (χ2n) is 6.45. The fourth-order valence-electron chi connectivity index (χ4n) is 2.99. The number of halogens is 1. The number of hydrogen-bond donors (Lipinski definition) is 1. The number of ether oxygens (including phenoxy) is 2. The number of nitrogens with one attached hydrogen (secondary N) is 1. The molecule has 0 aliphatic carbocycles. The summed E-state index contributed by atoms with van der Waals surface area (Å²) in [4.78, 5) is 29.6. The Bertz CT molecular complexity index is 1330. The van der Waals surface area contributed by atoms with Gasteiger partial charge in [-0.1, -0.05) is 22.9 Å². The number of benzene rings is 2. The highest BCUT2D eigenvalue weighted by Crippen LogP contribution is 2.28. The van der Waals surface area contributed by atoms with Gasteiger partial charge in [0.15, 0.2) is 11.2 Å². The standard InChI is InChI=1S/C20H17ClN6O4/c1-30-14-6-7-16(31-2)15(9-14)23-17(28)10-26-11-22-19-18(20(26)29)24-25-27(19)13-5-3-4-12(21)8-13/h3-9,11H,10H2,1-2H3,(H,23,28). The highest BCUT2D eigenvalue weighted by Gasteiger charge is 2.16. The zero-order valence-corrected chi connectivity index (χ0v) is 17.3. The maximum absolute atomic E-state index is 12.8. The Morgan fingerprint density at radius 1 is 1.16 bits per heavy atom. The lowest BCUT2D eigenvalue weighted by Crippen LogP contribution is -2.28. The maximum atomic E-state index is 12.8. The fraction of sp³-hybridized carbons (Fsp3) is 0.150. The van der Waals surface area contributed by atoms with E-state index < -0.39 is 11.5 Å². The van der Waals surface area contributed by atoms with Gasteiger partial charge in [0.05, 0.1) is 25.6 Å². The van der Waals surface area contributed by atoms with Crippen molar-refractivity contribution >= 4 is 34.4 Å². The summed E-state index contributed by atoms with van der Waals surface area (Å²) in [6.07, 6.45) is 1.28. The molecule has 2 heterocycles. The molecule has 0 saturated heterocycles. The quantitative estimate of drug-likeness (QED) is 0.489. The third-order valence-corrected chi connectivity index (χ3v) is 4.71. The molecule has 2 aromatic heterocycles. The number of anilines is 1. The Morgan fingerprint density at radius 2 is 2.00 bits per heavy atom. The van der Waals surface area contributed by atoms with E-state index >= 15 is 0 Å². The van der Waals surface area contributed by atoms with Crippen LogP contribution in [0.3, 0.4) is 0 Å². The van der Waals surface area contributed by atoms with Crippen molar-refractivity contribution in [3.8, 4) is 17.2 Å². The van der Waals surface area contributed by atoms with Crippen molar-refractivity contribution in [3.05, 3.63) is 64.2 Å². The Kier molecular flexibility index (Phi) is 5.54. The van der Waals surface area contributed by atoms with Crippen molar-refractivity contribution < 1.29 is 14.3 Å². The molecule has 10 nitrogen and oxygen atoms in total. The third-order valence-electron chi connectivity index (χ3n) is 4.48. The highest BCUT2D eigenvalue weighted by atomic mass is 35.5. The Labute approximate surface area is 181 Å². The number of methoxy groups -OCH3 is 2. The van der Waals surface area contributed by atoms with Crippen LogP contribution in [-0.2, 0) is 11.3 Å². The van der Waals surface area contributed by atoms with Crippen LogP contribution >= 0.6 is 11.6 Å². The average molecular weight is 441 g/mol. The molecule has 0 aliphatic heterocycles. The van der Waals surface area contributed by atoms with Gasteiger partial charge in [-0.15, -0.1) is 5.10 Å². The van der Waals surface area contributed by atoms with E-state index in [4.69, 9.17) is 21.1 Å². The smallest absolute Gasteiger partial charge is 0.284 e. The first-order valence-corrected chi connectivity index (χ1v) is 9.46. The lowest BCUT2D eigenvalue weighted by atomic mass is 10.2. The molecule has 4 rings (SSSR count). The zero-order chi connectivity index (χ0) is 22.0. The van der Waals surface area contributed by atoms with Crippen LogP contribution in [0.15, 0.2) is 53.6 Å². The summed E-state index contributed by atoms with van der Waals surface area (Å²) in [6.45, 7) is -0.272. The van der Waals surface area contributed by atoms with Crippen LogP contribution in [0.2, 0.25) is 5.02 Å². The van der Waals surface area contributed by atoms with E-state index in [1.807, 2.05) is 0 Å². The minimum Gasteiger partial charge on any atom is -0.497 e. The van der Waals surface area contributed by atoms with Crippen molar-refractivity contribution in [2.24, 2.45) is 0 Å². The largest absolute Gasteiger partial charge is 0.497 e. The summed E-state index contributed by atoms with van der Waals surface area (Å²) in [5, 5.41) is 11.2. The first kappa shape index (κ1) is 20.4. The predicted molar refractivity (Wildman–Crippen MR) is 114 cm³/mol. The number of nitrogens with zero attached hydrogens (tertiary/aromatic N) is 5. The van der Waals surface area contributed by atoms with Crippen LogP contribution in [0.1, 0.15) is 0 Å². The second kappa shape index (κ2) is 8.44. The lowest BCUT2D eigenvalue weighted by Gasteiger charge is -2.12. The molecule has 0 saturated carbocycles. The zero-order valence-electron chi connectivity index (χ0n) is 16.6. The molecule has 2 aromatic carbocycles. The summed E-state index contributed by atoms with van der Waals surface area (Å²) in [6, 6.07) is 11.9. The van der Waals surface area contributed by atoms with Gasteiger partial charge in [0.25, 0.3) is 5.56 Å². The number of aromatic nitrogens is 5. The molecule has 31 heavy (non-hydrogen) atoms. The Hall–Kier alpha value is -3.92. The number of fused-ring (bicyclic) bond motifs is 1. The molecule has 0 atom stereocenters. The monoisotopic (exact) mass is 440 g/mol. The summed E-state index contributed by atoms with van der Waals surface area (Å²) in [5.41, 5.74) is 0.835. The van der Waals surface area contributed by atoms with Crippen LogP contribution in [0.5, 0.6) is 11.5 Å². The van der Waals surface area contributed by atoms with Crippen LogP contribution in [0.4, 0.5) is 5.69 Å². The minimum atomic E-state index is -0.494. The van der Waals surface area contributed by atoms with Crippen molar-refractivity contribution in [2.75, 3.05) is 19.5 Å². The van der Waals surface area contributed by atoms with Gasteiger partial charge in [-0.2, -0.15) is 4.68 Å². The Morgan fingerprint density at radius 3 is 2.74 bits per heavy atom. The molecular weight excluding hydrogens is 424 g/mol. The number of rotatable bonds is 6. The summed E-state index contributed by atoms with van der Waals surface area (Å²) >= 11 is 6.02. The van der Waals surface area contributed by atoms with E-state index in [9.17, 15) is 9.59 Å². The summed E-state index contributed by atoms with van der Waals surface area (Å²) < 4.78 is 13.0. The van der Waals surface area contributed by atoms with Gasteiger partial charge < -0.3 is 14.8 Å². The second-order valence-corrected chi connectivity index (χ2v) is 6.88. The van der Waals surface area contributed by atoms with E-state index in [-0.39, 0.29) is 17.7 Å². The molecule has 0 aliphatic rings. The molecule has 1 N–H and O–H groups in total. The van der Waals surface area contributed by atoms with E-state index in [2.05, 4.69) is 20.6 Å². The molecule has 4 aromatic rings. The Balaban J connectivity index is 1.60. The SMILES string of the molecule is COc1ccc(OC)c(NC(=O)Cn2cnc3c(nnn3-c3cccc(Cl)c3)c2=O)c1. The van der Waals surface area contributed by atoms with Gasteiger partial charge in [-0.05, 0) is 30.3 Å². The fourth-order valence-corrected chi connectivity index (χ4v) is 3.18. The van der Waals surface area contributed by atoms with Crippen LogP contribution in [0.25, 0.3) is 16.9 Å². The van der Waals surface area contributed by atoms with Crippen molar-refractivity contribution in [1.82, 2.24) is 24.5 Å². The minimum absolute atomic E-state index is 0.0363. The van der Waals surface area contributed by atoms with Crippen LogP contribution < -0.4 is 20.3 Å². The molecule has 158 valence electrons. The molecule has 0 unspecified atom stereocenters. The molecular formula is C20H17ClN6O4. The lowest BCUT2D eigenvalue weighted by molar-refractivity contribution is -0.116. The van der Waals surface area contributed by atoms with Gasteiger partial charge in [-0.25, -0.2) is 4.98 Å². The van der Waals surface area contributed by atoms with E-state index in [1.54, 1.807) is 42.5 Å². The van der Waals surface area contributed by atoms with Gasteiger partial charge in [0, 0.05) is 11.1 Å². The van der Waals surface area contributed by atoms with E-state index in [0.717, 1.165) is 4.57 Å². The number of carbonyl (C=O) groups is 1. The maximum Gasteiger partial charge on any atom is 0.284 e. The third kappa shape index (κ3) is 4.05. The van der Waals surface area contributed by atoms with Gasteiger partial charge in [0.2, 0.25) is 5.91 Å². The van der Waals surface area contributed by atoms with Crippen molar-refractivity contribution in [1.29, 1.82) is 0 Å². The summed E-state index contributed by atoms with van der Waals surface area (Å²) in [5.74, 6) is 0.561. The molecule has 0 radical (unpaired) electrons. The molecule has 0 fully saturated rings. The molecule has 11 heteroatoms. The van der Waals surface area contributed by atoms with E-state index in [1.165, 1.54) is 25.2 Å². The van der Waals surface area contributed by atoms with Crippen molar-refractivity contribution in [2.45, 2.75) is 6.54 Å². The van der Waals surface area contributed by atoms with Crippen LogP contribution in [-0.4, -0.2) is 44.7 Å².